The normalized spacial score (nSPS) is 30.0. The Morgan fingerprint density at radius 1 is 1.33 bits per heavy atom. The van der Waals surface area contributed by atoms with Crippen molar-refractivity contribution in [1.82, 2.24) is 5.32 Å². The molecule has 110 valence electrons. The molecule has 2 atom stereocenters. The number of rotatable bonds is 2. The molecule has 1 aliphatic carbocycles. The summed E-state index contributed by atoms with van der Waals surface area (Å²) in [7, 11) is 0. The minimum atomic E-state index is -2.37. The van der Waals surface area contributed by atoms with Gasteiger partial charge in [0.2, 0.25) is 17.1 Å². The summed E-state index contributed by atoms with van der Waals surface area (Å²) in [5.74, 6) is -1.53. The van der Waals surface area contributed by atoms with Crippen LogP contribution in [0.2, 0.25) is 0 Å². The van der Waals surface area contributed by atoms with Crippen molar-refractivity contribution in [2.75, 3.05) is 6.61 Å². The molecule has 1 aliphatic heterocycles. The molecule has 0 amide bonds. The van der Waals surface area contributed by atoms with E-state index in [2.05, 4.69) is 5.32 Å². The van der Waals surface area contributed by atoms with Gasteiger partial charge in [-0.1, -0.05) is 24.3 Å². The summed E-state index contributed by atoms with van der Waals surface area (Å²) in [6.07, 6.45) is 0. The molecular formula is C15H15NO5. The number of Topliss-reactive ketones (excluding diaryl/α,β-unsaturated/α-hetero) is 1. The van der Waals surface area contributed by atoms with E-state index in [0.29, 0.717) is 0 Å². The molecule has 3 rings (SSSR count). The molecule has 6 nitrogen and oxygen atoms in total. The van der Waals surface area contributed by atoms with E-state index >= 15 is 0 Å². The molecule has 0 saturated heterocycles. The highest BCUT2D eigenvalue weighted by molar-refractivity contribution is 6.16. The Hall–Kier alpha value is -2.18. The highest BCUT2D eigenvalue weighted by Crippen LogP contribution is 2.51. The maximum atomic E-state index is 12.6. The topological polar surface area (TPSA) is 95.9 Å². The van der Waals surface area contributed by atoms with Gasteiger partial charge in [-0.05, 0) is 13.8 Å². The van der Waals surface area contributed by atoms with Gasteiger partial charge >= 0.3 is 5.97 Å². The average molecular weight is 289 g/mol. The first-order chi connectivity index (χ1) is 9.88. The Morgan fingerprint density at radius 3 is 2.67 bits per heavy atom. The number of esters is 1. The molecule has 21 heavy (non-hydrogen) atoms. The van der Waals surface area contributed by atoms with Gasteiger partial charge in [-0.3, -0.25) is 4.79 Å². The van der Waals surface area contributed by atoms with E-state index in [0.717, 1.165) is 0 Å². The smallest absolute Gasteiger partial charge is 0.339 e. The number of nitrogens with one attached hydrogen (secondary N) is 1. The molecule has 2 aliphatic rings. The van der Waals surface area contributed by atoms with Crippen molar-refractivity contribution in [2.24, 2.45) is 0 Å². The van der Waals surface area contributed by atoms with E-state index < -0.39 is 23.1 Å². The molecule has 1 aromatic carbocycles. The largest absolute Gasteiger partial charge is 0.462 e. The van der Waals surface area contributed by atoms with Crippen LogP contribution < -0.4 is 5.32 Å². The van der Waals surface area contributed by atoms with E-state index in [1.807, 2.05) is 0 Å². The predicted molar refractivity (Wildman–Crippen MR) is 72.1 cm³/mol. The van der Waals surface area contributed by atoms with Crippen LogP contribution in [0.25, 0.3) is 0 Å². The number of allylic oxidation sites excluding steroid dienone is 1. The van der Waals surface area contributed by atoms with Gasteiger partial charge < -0.3 is 20.3 Å². The van der Waals surface area contributed by atoms with E-state index in [4.69, 9.17) is 4.74 Å². The van der Waals surface area contributed by atoms with Crippen molar-refractivity contribution in [2.45, 2.75) is 25.2 Å². The van der Waals surface area contributed by atoms with E-state index in [1.54, 1.807) is 25.1 Å². The number of carbonyl (C=O) groups is 2. The van der Waals surface area contributed by atoms with E-state index in [-0.39, 0.29) is 29.0 Å². The molecular weight excluding hydrogens is 274 g/mol. The third-order valence-corrected chi connectivity index (χ3v) is 4.00. The third kappa shape index (κ3) is 1.43. The van der Waals surface area contributed by atoms with Crippen molar-refractivity contribution in [3.8, 4) is 0 Å². The molecule has 0 bridgehead atoms. The van der Waals surface area contributed by atoms with Crippen molar-refractivity contribution in [3.63, 3.8) is 0 Å². The lowest BCUT2D eigenvalue weighted by Crippen LogP contribution is -2.56. The second-order valence-electron chi connectivity index (χ2n) is 5.14. The fourth-order valence-corrected chi connectivity index (χ4v) is 3.11. The molecule has 0 fully saturated rings. The second-order valence-corrected chi connectivity index (χ2v) is 5.14. The molecule has 0 unspecified atom stereocenters. The van der Waals surface area contributed by atoms with Crippen molar-refractivity contribution in [3.05, 3.63) is 46.7 Å². The first-order valence-corrected chi connectivity index (χ1v) is 6.63. The first kappa shape index (κ1) is 13.8. The number of carbonyl (C=O) groups excluding carboxylic acids is 2. The zero-order valence-corrected chi connectivity index (χ0v) is 11.6. The molecule has 0 spiro atoms. The number of hydrogen-bond donors (Lipinski definition) is 3. The second kappa shape index (κ2) is 4.16. The lowest BCUT2D eigenvalue weighted by atomic mass is 9.85. The summed E-state index contributed by atoms with van der Waals surface area (Å²) in [4.78, 5) is 24.7. The van der Waals surface area contributed by atoms with Gasteiger partial charge in [-0.2, -0.15) is 0 Å². The Bertz CT molecular complexity index is 695. The molecule has 1 heterocycles. The lowest BCUT2D eigenvalue weighted by Gasteiger charge is -2.31. The van der Waals surface area contributed by atoms with Gasteiger partial charge in [0.1, 0.15) is 5.57 Å². The fourth-order valence-electron chi connectivity index (χ4n) is 3.11. The number of ether oxygens (including phenoxy) is 1. The number of hydrogen-bond acceptors (Lipinski definition) is 6. The minimum absolute atomic E-state index is 0.102. The lowest BCUT2D eigenvalue weighted by molar-refractivity contribution is -0.146. The van der Waals surface area contributed by atoms with Gasteiger partial charge in [0.15, 0.2) is 0 Å². The maximum Gasteiger partial charge on any atom is 0.339 e. The standard InChI is InChI=1S/C15H15NO5/c1-3-21-13(18)11-8(2)16-15(20)10-7-5-4-6-9(10)12(17)14(11,15)19/h4-7,16,19-20H,3H2,1-2H3/t14-,15+/m0/s1. The van der Waals surface area contributed by atoms with Gasteiger partial charge in [-0.15, -0.1) is 0 Å². The predicted octanol–water partition coefficient (Wildman–Crippen LogP) is 0.199. The Balaban J connectivity index is 2.21. The highest BCUT2D eigenvalue weighted by Gasteiger charge is 2.70. The molecule has 0 radical (unpaired) electrons. The maximum absolute atomic E-state index is 12.6. The van der Waals surface area contributed by atoms with Gasteiger partial charge in [0.25, 0.3) is 0 Å². The summed E-state index contributed by atoms with van der Waals surface area (Å²) >= 11 is 0. The van der Waals surface area contributed by atoms with Crippen LogP contribution in [-0.2, 0) is 15.3 Å². The first-order valence-electron chi connectivity index (χ1n) is 6.63. The summed E-state index contributed by atoms with van der Waals surface area (Å²) in [5.41, 5.74) is -4.00. The fraction of sp³-hybridized carbons (Fsp3) is 0.333. The highest BCUT2D eigenvalue weighted by atomic mass is 16.5. The SMILES string of the molecule is CCOC(=O)C1=C(C)N[C@@]2(O)c3ccccc3C(=O)[C@@]12O. The van der Waals surface area contributed by atoms with Crippen LogP contribution in [0.4, 0.5) is 0 Å². The summed E-state index contributed by atoms with van der Waals surface area (Å²) in [6.45, 7) is 3.24. The monoisotopic (exact) mass is 289 g/mol. The van der Waals surface area contributed by atoms with Gasteiger partial charge in [-0.25, -0.2) is 4.79 Å². The Kier molecular flexibility index (Phi) is 2.73. The van der Waals surface area contributed by atoms with Gasteiger partial charge in [0, 0.05) is 16.8 Å². The molecule has 1 aromatic rings. The van der Waals surface area contributed by atoms with Crippen molar-refractivity contribution in [1.29, 1.82) is 0 Å². The van der Waals surface area contributed by atoms with Crippen molar-refractivity contribution >= 4 is 11.8 Å². The zero-order valence-electron chi connectivity index (χ0n) is 11.6. The molecule has 3 N–H and O–H groups in total. The Morgan fingerprint density at radius 2 is 2.00 bits per heavy atom. The van der Waals surface area contributed by atoms with Crippen LogP contribution in [-0.4, -0.2) is 34.2 Å². The van der Waals surface area contributed by atoms with Crippen LogP contribution >= 0.6 is 0 Å². The number of aliphatic hydroxyl groups is 2. The van der Waals surface area contributed by atoms with E-state index in [1.165, 1.54) is 13.0 Å². The zero-order chi connectivity index (χ0) is 15.4. The quantitative estimate of drug-likeness (QED) is 0.673. The third-order valence-electron chi connectivity index (χ3n) is 4.00. The minimum Gasteiger partial charge on any atom is -0.462 e. The van der Waals surface area contributed by atoms with Crippen LogP contribution in [0.15, 0.2) is 35.5 Å². The summed E-state index contributed by atoms with van der Waals surface area (Å²) in [6, 6.07) is 6.32. The number of fused-ring (bicyclic) bond motifs is 3. The summed E-state index contributed by atoms with van der Waals surface area (Å²) in [5, 5.41) is 24.4. The number of benzene rings is 1. The van der Waals surface area contributed by atoms with Crippen LogP contribution in [0, 0.1) is 0 Å². The Labute approximate surface area is 121 Å². The van der Waals surface area contributed by atoms with Gasteiger partial charge in [0.05, 0.1) is 6.61 Å². The summed E-state index contributed by atoms with van der Waals surface area (Å²) < 4.78 is 4.90. The molecule has 0 saturated carbocycles. The molecule has 0 aromatic heterocycles. The van der Waals surface area contributed by atoms with Crippen molar-refractivity contribution < 1.29 is 24.5 Å². The molecule has 6 heteroatoms. The average Bonchev–Trinajstić information content (AvgIpc) is 2.75. The van der Waals surface area contributed by atoms with Crippen LogP contribution in [0.3, 0.4) is 0 Å². The number of ketones is 1. The van der Waals surface area contributed by atoms with Crippen LogP contribution in [0.5, 0.6) is 0 Å². The van der Waals surface area contributed by atoms with Crippen LogP contribution in [0.1, 0.15) is 29.8 Å². The van der Waals surface area contributed by atoms with E-state index in [9.17, 15) is 19.8 Å².